The molecule has 0 fully saturated rings. The van der Waals surface area contributed by atoms with Gasteiger partial charge in [0.1, 0.15) is 16.3 Å². The summed E-state index contributed by atoms with van der Waals surface area (Å²) in [5.41, 5.74) is 3.80. The molecule has 164 valence electrons. The third-order valence-electron chi connectivity index (χ3n) is 5.36. The van der Waals surface area contributed by atoms with Crippen LogP contribution in [0.15, 0.2) is 99.0 Å². The number of aromatic nitrogens is 3. The standard InChI is InChI=1S/C27H17N3O2S2/c31-27-21(15-18-7-4-5-10-23(18)32-27)26-19(16-30(29-26)20-8-2-1-3-9-20)12-13-25-28-22(17-34-25)24-11-6-14-33-24/h1-17H. The number of thiophene rings is 1. The molecular weight excluding hydrogens is 462 g/mol. The van der Waals surface area contributed by atoms with Gasteiger partial charge in [-0.25, -0.2) is 14.5 Å². The molecule has 0 atom stereocenters. The van der Waals surface area contributed by atoms with E-state index in [0.29, 0.717) is 16.8 Å². The molecule has 2 aromatic carbocycles. The molecule has 0 bridgehead atoms. The van der Waals surface area contributed by atoms with E-state index in [1.165, 1.54) is 0 Å². The van der Waals surface area contributed by atoms with Crippen molar-refractivity contribution in [2.75, 3.05) is 0 Å². The molecule has 0 aliphatic carbocycles. The molecule has 7 heteroatoms. The second kappa shape index (κ2) is 8.70. The molecule has 0 aliphatic heterocycles. The zero-order valence-electron chi connectivity index (χ0n) is 17.8. The Bertz CT molecular complexity index is 1680. The highest BCUT2D eigenvalue weighted by molar-refractivity contribution is 7.14. The Balaban J connectivity index is 1.45. The van der Waals surface area contributed by atoms with Crippen molar-refractivity contribution in [1.82, 2.24) is 14.8 Å². The van der Waals surface area contributed by atoms with Crippen LogP contribution in [0.2, 0.25) is 0 Å². The van der Waals surface area contributed by atoms with E-state index in [0.717, 1.165) is 32.2 Å². The summed E-state index contributed by atoms with van der Waals surface area (Å²) < 4.78 is 7.37. The number of hydrogen-bond acceptors (Lipinski definition) is 6. The molecule has 4 heterocycles. The predicted octanol–water partition coefficient (Wildman–Crippen LogP) is 7.00. The van der Waals surface area contributed by atoms with Gasteiger partial charge in [0.25, 0.3) is 0 Å². The maximum atomic E-state index is 12.9. The van der Waals surface area contributed by atoms with E-state index in [1.807, 2.05) is 84.4 Å². The van der Waals surface area contributed by atoms with Crippen molar-refractivity contribution in [3.05, 3.63) is 111 Å². The second-order valence-corrected chi connectivity index (χ2v) is 9.42. The molecule has 0 radical (unpaired) electrons. The maximum absolute atomic E-state index is 12.9. The Morgan fingerprint density at radius 2 is 1.76 bits per heavy atom. The first-order valence-electron chi connectivity index (χ1n) is 10.6. The molecule has 0 aliphatic rings. The van der Waals surface area contributed by atoms with Gasteiger partial charge in [-0.3, -0.25) is 0 Å². The van der Waals surface area contributed by atoms with Gasteiger partial charge in [0, 0.05) is 22.5 Å². The molecule has 5 nitrogen and oxygen atoms in total. The molecule has 0 amide bonds. The fourth-order valence-corrected chi connectivity index (χ4v) is 5.19. The van der Waals surface area contributed by atoms with E-state index >= 15 is 0 Å². The number of thiazole rings is 1. The summed E-state index contributed by atoms with van der Waals surface area (Å²) in [5.74, 6) is 0. The lowest BCUT2D eigenvalue weighted by Crippen LogP contribution is -2.04. The van der Waals surface area contributed by atoms with Gasteiger partial charge in [0.15, 0.2) is 0 Å². The molecule has 34 heavy (non-hydrogen) atoms. The second-order valence-electron chi connectivity index (χ2n) is 7.58. The van der Waals surface area contributed by atoms with Gasteiger partial charge < -0.3 is 4.42 Å². The molecule has 4 aromatic heterocycles. The minimum atomic E-state index is -0.416. The minimum absolute atomic E-state index is 0.416. The highest BCUT2D eigenvalue weighted by atomic mass is 32.1. The highest BCUT2D eigenvalue weighted by Gasteiger charge is 2.16. The summed E-state index contributed by atoms with van der Waals surface area (Å²) in [7, 11) is 0. The first kappa shape index (κ1) is 20.5. The summed E-state index contributed by atoms with van der Waals surface area (Å²) >= 11 is 3.25. The number of hydrogen-bond donors (Lipinski definition) is 0. The van der Waals surface area contributed by atoms with Crippen LogP contribution in [0.3, 0.4) is 0 Å². The van der Waals surface area contributed by atoms with Crippen LogP contribution >= 0.6 is 22.7 Å². The first-order chi connectivity index (χ1) is 16.7. The lowest BCUT2D eigenvalue weighted by atomic mass is 10.1. The van der Waals surface area contributed by atoms with Crippen LogP contribution < -0.4 is 5.63 Å². The van der Waals surface area contributed by atoms with Gasteiger partial charge in [-0.1, -0.05) is 42.5 Å². The van der Waals surface area contributed by atoms with Crippen molar-refractivity contribution in [3.63, 3.8) is 0 Å². The van der Waals surface area contributed by atoms with Crippen molar-refractivity contribution in [2.24, 2.45) is 0 Å². The Morgan fingerprint density at radius 3 is 2.62 bits per heavy atom. The SMILES string of the molecule is O=c1oc2ccccc2cc1-c1nn(-c2ccccc2)cc1C=Cc1nc(-c2cccs2)cs1. The van der Waals surface area contributed by atoms with Crippen LogP contribution in [0.5, 0.6) is 0 Å². The third-order valence-corrected chi connectivity index (χ3v) is 7.06. The van der Waals surface area contributed by atoms with Crippen LogP contribution in [-0.4, -0.2) is 14.8 Å². The van der Waals surface area contributed by atoms with Crippen molar-refractivity contribution in [2.45, 2.75) is 0 Å². The lowest BCUT2D eigenvalue weighted by Gasteiger charge is -2.01. The van der Waals surface area contributed by atoms with Crippen LogP contribution in [-0.2, 0) is 0 Å². The monoisotopic (exact) mass is 479 g/mol. The molecule has 0 saturated heterocycles. The van der Waals surface area contributed by atoms with Crippen LogP contribution in [0.4, 0.5) is 0 Å². The Hall–Kier alpha value is -4.07. The number of para-hydroxylation sites is 2. The summed E-state index contributed by atoms with van der Waals surface area (Å²) in [4.78, 5) is 18.8. The van der Waals surface area contributed by atoms with Crippen molar-refractivity contribution >= 4 is 45.8 Å². The molecule has 0 unspecified atom stereocenters. The Labute approximate surface area is 202 Å². The van der Waals surface area contributed by atoms with E-state index in [-0.39, 0.29) is 0 Å². The number of nitrogens with zero attached hydrogens (tertiary/aromatic N) is 3. The highest BCUT2D eigenvalue weighted by Crippen LogP contribution is 2.29. The number of fused-ring (bicyclic) bond motifs is 1. The average molecular weight is 480 g/mol. The fraction of sp³-hybridized carbons (Fsp3) is 0. The normalized spacial score (nSPS) is 11.5. The van der Waals surface area contributed by atoms with Gasteiger partial charge in [-0.2, -0.15) is 5.10 Å². The summed E-state index contributed by atoms with van der Waals surface area (Å²) in [6, 6.07) is 23.2. The summed E-state index contributed by atoms with van der Waals surface area (Å²) in [6.07, 6.45) is 5.83. The fourth-order valence-electron chi connectivity index (χ4n) is 3.72. The first-order valence-corrected chi connectivity index (χ1v) is 12.4. The maximum Gasteiger partial charge on any atom is 0.345 e. The van der Waals surface area contributed by atoms with E-state index in [4.69, 9.17) is 14.5 Å². The van der Waals surface area contributed by atoms with Gasteiger partial charge in [0.2, 0.25) is 0 Å². The number of rotatable bonds is 5. The van der Waals surface area contributed by atoms with Crippen molar-refractivity contribution in [3.8, 4) is 27.5 Å². The molecule has 6 aromatic rings. The predicted molar refractivity (Wildman–Crippen MR) is 139 cm³/mol. The average Bonchev–Trinajstić information content (AvgIpc) is 3.64. The molecule has 0 saturated carbocycles. The third kappa shape index (κ3) is 3.91. The van der Waals surface area contributed by atoms with E-state index in [1.54, 1.807) is 33.4 Å². The molecule has 0 N–H and O–H groups in total. The van der Waals surface area contributed by atoms with Crippen LogP contribution in [0, 0.1) is 0 Å². The van der Waals surface area contributed by atoms with Crippen LogP contribution in [0.1, 0.15) is 10.6 Å². The van der Waals surface area contributed by atoms with E-state index in [9.17, 15) is 4.79 Å². The Morgan fingerprint density at radius 1 is 0.912 bits per heavy atom. The molecule has 0 spiro atoms. The zero-order valence-corrected chi connectivity index (χ0v) is 19.4. The summed E-state index contributed by atoms with van der Waals surface area (Å²) in [6.45, 7) is 0. The van der Waals surface area contributed by atoms with Gasteiger partial charge >= 0.3 is 5.63 Å². The molecule has 6 rings (SSSR count). The quantitative estimate of drug-likeness (QED) is 0.250. The van der Waals surface area contributed by atoms with E-state index in [2.05, 4.69) is 11.4 Å². The summed E-state index contributed by atoms with van der Waals surface area (Å²) in [5, 5.41) is 10.6. The smallest absolute Gasteiger partial charge is 0.345 e. The van der Waals surface area contributed by atoms with Crippen molar-refractivity contribution < 1.29 is 4.42 Å². The molecular formula is C27H17N3O2S2. The largest absolute Gasteiger partial charge is 0.422 e. The van der Waals surface area contributed by atoms with Crippen LogP contribution in [0.25, 0.3) is 50.6 Å². The Kier molecular flexibility index (Phi) is 5.25. The lowest BCUT2D eigenvalue weighted by molar-refractivity contribution is 0.563. The minimum Gasteiger partial charge on any atom is -0.422 e. The van der Waals surface area contributed by atoms with Gasteiger partial charge in [-0.05, 0) is 47.9 Å². The van der Waals surface area contributed by atoms with E-state index < -0.39 is 5.63 Å². The van der Waals surface area contributed by atoms with Gasteiger partial charge in [0.05, 0.1) is 21.8 Å². The van der Waals surface area contributed by atoms with Gasteiger partial charge in [-0.15, -0.1) is 22.7 Å². The topological polar surface area (TPSA) is 60.9 Å². The number of benzene rings is 2. The zero-order chi connectivity index (χ0) is 22.9. The van der Waals surface area contributed by atoms with Crippen molar-refractivity contribution in [1.29, 1.82) is 0 Å².